The molecule has 764 valence electrons. The highest BCUT2D eigenvalue weighted by molar-refractivity contribution is 7.99. The highest BCUT2D eigenvalue weighted by Gasteiger charge is 2.34. The van der Waals surface area contributed by atoms with Gasteiger partial charge in [-0.05, 0) is 295 Å². The van der Waals surface area contributed by atoms with Crippen molar-refractivity contribution in [2.24, 2.45) is 0 Å². The summed E-state index contributed by atoms with van der Waals surface area (Å²) in [6.45, 7) is 7.93. The molecule has 0 saturated carbocycles. The number of methoxy groups -OCH3 is 8. The predicted octanol–water partition coefficient (Wildman–Crippen LogP) is 15.5. The number of H-pyrrole nitrogens is 1. The Balaban J connectivity index is 0.000000164. The maximum Gasteiger partial charge on any atom is 0.496 e. The Kier molecular flexibility index (Phi) is 36.5. The fourth-order valence-corrected chi connectivity index (χ4v) is 19.5. The van der Waals surface area contributed by atoms with Gasteiger partial charge in [0.2, 0.25) is 29.5 Å². The van der Waals surface area contributed by atoms with E-state index in [1.54, 1.807) is 103 Å². The first-order valence-corrected chi connectivity index (χ1v) is 49.8. The second-order valence-electron chi connectivity index (χ2n) is 33.4. The number of nitrogens with one attached hydrogen (secondary N) is 6. The van der Waals surface area contributed by atoms with E-state index in [1.165, 1.54) is 148 Å². The number of hydrogen-bond acceptors (Lipinski definition) is 26. The Labute approximate surface area is 847 Å². The minimum absolute atomic E-state index is 0.0161. The predicted molar refractivity (Wildman–Crippen MR) is 554 cm³/mol. The van der Waals surface area contributed by atoms with Crippen molar-refractivity contribution in [2.75, 3.05) is 97.5 Å². The first-order chi connectivity index (χ1) is 70.3. The zero-order chi connectivity index (χ0) is 106. The number of benzene rings is 8. The van der Waals surface area contributed by atoms with E-state index in [0.717, 1.165) is 78.0 Å². The van der Waals surface area contributed by atoms with Crippen molar-refractivity contribution in [3.8, 4) is 46.0 Å². The molecule has 14 N–H and O–H groups in total. The van der Waals surface area contributed by atoms with Gasteiger partial charge >= 0.3 is 29.4 Å². The fourth-order valence-electron chi connectivity index (χ4n) is 17.1. The van der Waals surface area contributed by atoms with Crippen LogP contribution in [0.3, 0.4) is 0 Å². The number of carbonyl (C=O) groups is 4. The smallest absolute Gasteiger partial charge is 0.496 e. The van der Waals surface area contributed by atoms with E-state index in [9.17, 15) is 75.8 Å². The number of anilines is 3. The highest BCUT2D eigenvalue weighted by atomic mass is 32.2. The number of nitrogens with zero attached hydrogens (tertiary/aromatic N) is 4. The molecule has 0 radical (unpaired) electrons. The quantitative estimate of drug-likeness (QED) is 0.00750. The molecule has 12 aromatic rings. The number of fused-ring (bicyclic) bond motifs is 4. The van der Waals surface area contributed by atoms with Gasteiger partial charge in [0.15, 0.2) is 6.39 Å². The van der Waals surface area contributed by atoms with Gasteiger partial charge in [-0.2, -0.15) is 5.10 Å². The number of halogens is 4. The number of aromatic nitrogens is 5. The van der Waals surface area contributed by atoms with Crippen LogP contribution in [0.4, 0.5) is 34.8 Å². The lowest BCUT2D eigenvalue weighted by atomic mass is 9.78. The standard InChI is InChI=1S/C28H28FN2O6PS.C26H28FN4O6P.2C25H24BFN2O6/c1-17-22(11-18-12-25(36-2)28(26(13-18)37-3)39-10-9-38(33,34)35)21-7-6-19(29)14-24(21)23(17)15-27(32)31-20-5-4-8-30-16-20;1-15-19(10-16-11-22(36-2)26(23(12-16)37-3)28-8-9-38(33,34)35)18-5-4-17(27)13-21(18)20(15)14-25(32)30-24-6-7-29-31-24;1-14-19(6-15-7-22(33-2)25(26(31)32)23(8-15)34-3)18-5-4-16(27)9-21(18)20(14)10-24(30)28-11-17-12-35-13-29-17;1-14-18(8-15-9-21(33-2)25(26(31)32)22(10-15)34-3)17-5-4-16(27)11-20(17)19(14)12-23(30)29-13-24-28-6-7-35-24/h4-8,11-14,16H,9-10,15H2,1-3H3,(H,31,32)(H2,33,34,35);4-7,10-13,28H,8-9,14H2,1-3H3,(H2,33,34,35)(H2,29,30,31,32);4-9,12-13,31-32H,10-11H2,1-3H3,(H,28,30);4-11,31-32H,12-13H2,1-3H3,(H,29,30). The molecule has 0 bridgehead atoms. The number of rotatable bonds is 36. The van der Waals surface area contributed by atoms with Gasteiger partial charge in [-0.15, -0.1) is 11.8 Å². The van der Waals surface area contributed by atoms with Crippen molar-refractivity contribution in [2.45, 2.75) is 71.4 Å². The molecule has 16 rings (SSSR count). The molecule has 0 fully saturated rings. The number of oxazole rings is 2. The zero-order valence-corrected chi connectivity index (χ0v) is 84.2. The normalized spacial score (nSPS) is 13.9. The third-order valence-corrected chi connectivity index (χ3v) is 27.0. The summed E-state index contributed by atoms with van der Waals surface area (Å²) in [6, 6.07) is 36.8. The number of pyridine rings is 1. The van der Waals surface area contributed by atoms with E-state index in [1.807, 2.05) is 52.0 Å². The van der Waals surface area contributed by atoms with Gasteiger partial charge in [-0.1, -0.05) is 24.3 Å². The number of carbonyl (C=O) groups excluding carboxylic acids is 4. The van der Waals surface area contributed by atoms with Gasteiger partial charge < -0.3 is 113 Å². The average molecular weight is 2070 g/mol. The van der Waals surface area contributed by atoms with Crippen LogP contribution in [0.5, 0.6) is 46.0 Å². The summed E-state index contributed by atoms with van der Waals surface area (Å²) in [4.78, 5) is 100. The molecule has 0 unspecified atom stereocenters. The molecule has 4 amide bonds. The van der Waals surface area contributed by atoms with Crippen molar-refractivity contribution in [1.29, 1.82) is 0 Å². The third-order valence-electron chi connectivity index (χ3n) is 24.0. The number of thioether (sulfide) groups is 1. The van der Waals surface area contributed by atoms with Gasteiger partial charge in [0.05, 0.1) is 154 Å². The highest BCUT2D eigenvalue weighted by Crippen LogP contribution is 2.52. The molecule has 147 heavy (non-hydrogen) atoms. The van der Waals surface area contributed by atoms with Gasteiger partial charge in [-0.25, -0.2) is 27.5 Å². The molecule has 0 aliphatic heterocycles. The molecular weight excluding hydrogens is 1960 g/mol. The van der Waals surface area contributed by atoms with E-state index in [-0.39, 0.29) is 121 Å². The van der Waals surface area contributed by atoms with E-state index >= 15 is 0 Å². The Bertz CT molecular complexity index is 7010. The SMILES string of the molecule is COc1cc(C=C2C(C)=C(CC(=O)NCc3cocn3)c3cc(F)ccc32)cc(OC)c1B(O)O.COc1cc(C=C2C(C)=C(CC(=O)NCc3ncco3)c3cc(F)ccc32)cc(OC)c1B(O)O.COc1cc(C=C2C(C)=C(CC(=O)Nc3cccnc3)c3cc(F)ccc32)cc(OC)c1SCCP(=O)(O)O.COc1cc(C=C2C(C)=C(CC(=O)Nc3ccn[nH]3)c3cc(F)ccc32)cc(OC)c1NCCP(=O)(O)O. The zero-order valence-electron chi connectivity index (χ0n) is 81.6. The van der Waals surface area contributed by atoms with Crippen LogP contribution in [-0.4, -0.2) is 184 Å². The maximum atomic E-state index is 14.3. The molecule has 0 atom stereocenters. The number of aromatic amines is 1. The average Bonchev–Trinajstić information content (AvgIpc) is 1.63. The Morgan fingerprint density at radius 3 is 1.17 bits per heavy atom. The van der Waals surface area contributed by atoms with Crippen LogP contribution in [0.15, 0.2) is 219 Å². The number of hydrogen-bond donors (Lipinski definition) is 14. The van der Waals surface area contributed by atoms with Crippen LogP contribution in [-0.2, 0) is 41.4 Å². The number of allylic oxidation sites excluding steroid dienone is 8. The molecule has 4 aliphatic rings. The van der Waals surface area contributed by atoms with E-state index in [2.05, 4.69) is 51.7 Å². The number of ether oxygens (including phenoxy) is 8. The Morgan fingerprint density at radius 2 is 0.830 bits per heavy atom. The molecule has 8 aromatic carbocycles. The molecule has 4 heterocycles. The van der Waals surface area contributed by atoms with Crippen LogP contribution in [0.2, 0.25) is 0 Å². The summed E-state index contributed by atoms with van der Waals surface area (Å²) in [7, 11) is -0.188. The lowest BCUT2D eigenvalue weighted by molar-refractivity contribution is -0.121. The number of amides is 4. The van der Waals surface area contributed by atoms with Crippen LogP contribution >= 0.6 is 27.0 Å². The molecule has 4 aromatic heterocycles. The summed E-state index contributed by atoms with van der Waals surface area (Å²) in [6.07, 6.45) is 17.5. The van der Waals surface area contributed by atoms with E-state index in [0.29, 0.717) is 112 Å². The molecule has 43 heteroatoms. The van der Waals surface area contributed by atoms with Gasteiger partial charge in [0.25, 0.3) is 0 Å². The summed E-state index contributed by atoms with van der Waals surface area (Å²) >= 11 is 1.24. The third kappa shape index (κ3) is 27.4. The summed E-state index contributed by atoms with van der Waals surface area (Å²) in [5, 5.41) is 59.6. The van der Waals surface area contributed by atoms with Crippen LogP contribution < -0.4 is 75.4 Å². The van der Waals surface area contributed by atoms with Gasteiger partial charge in [0, 0.05) is 24.6 Å². The minimum Gasteiger partial charge on any atom is -0.497 e. The Hall–Kier alpha value is -15.1. The molecule has 34 nitrogen and oxygen atoms in total. The lowest BCUT2D eigenvalue weighted by Crippen LogP contribution is -2.32. The summed E-state index contributed by atoms with van der Waals surface area (Å²) in [5.74, 6) is 1.25. The second-order valence-corrected chi connectivity index (χ2v) is 38.1. The van der Waals surface area contributed by atoms with E-state index in [4.69, 9.17) is 56.5 Å². The van der Waals surface area contributed by atoms with Gasteiger partial charge in [-0.3, -0.25) is 38.4 Å². The van der Waals surface area contributed by atoms with Crippen molar-refractivity contribution >= 4 is 162 Å². The lowest BCUT2D eigenvalue weighted by Gasteiger charge is -2.17. The van der Waals surface area contributed by atoms with Crippen LogP contribution in [0.1, 0.15) is 132 Å². The first kappa shape index (κ1) is 109. The van der Waals surface area contributed by atoms with Gasteiger partial charge in [0.1, 0.15) is 93.3 Å². The molecule has 0 saturated heterocycles. The van der Waals surface area contributed by atoms with Crippen molar-refractivity contribution < 1.29 is 132 Å². The topological polar surface area (TPSA) is 492 Å². The maximum absolute atomic E-state index is 14.3. The summed E-state index contributed by atoms with van der Waals surface area (Å²) < 4.78 is 133. The fraction of sp³-hybridized carbons (Fsp3) is 0.212. The van der Waals surface area contributed by atoms with Crippen LogP contribution in [0, 0.1) is 23.3 Å². The van der Waals surface area contributed by atoms with Crippen molar-refractivity contribution in [3.63, 3.8) is 0 Å². The van der Waals surface area contributed by atoms with Crippen LogP contribution in [0.25, 0.3) is 68.9 Å². The summed E-state index contributed by atoms with van der Waals surface area (Å²) in [5.41, 5.74) is 19.8. The molecular formula is C104H104B2F4N10O24P2S. The monoisotopic (exact) mass is 2070 g/mol. The van der Waals surface area contributed by atoms with Crippen molar-refractivity contribution in [1.82, 2.24) is 35.8 Å². The first-order valence-electron chi connectivity index (χ1n) is 45.2. The Morgan fingerprint density at radius 1 is 0.449 bits per heavy atom. The van der Waals surface area contributed by atoms with Crippen molar-refractivity contribution in [3.05, 3.63) is 307 Å². The molecule has 0 spiro atoms. The van der Waals surface area contributed by atoms with E-state index < -0.39 is 52.7 Å². The molecule has 4 aliphatic carbocycles. The second kappa shape index (κ2) is 49.2. The largest absolute Gasteiger partial charge is 0.497 e. The minimum atomic E-state index is -4.17.